The highest BCUT2D eigenvalue weighted by atomic mass is 32.2. The Morgan fingerprint density at radius 3 is 2.94 bits per heavy atom. The van der Waals surface area contributed by atoms with Crippen LogP contribution in [-0.2, 0) is 9.84 Å². The van der Waals surface area contributed by atoms with Crippen LogP contribution in [0, 0.1) is 6.92 Å². The van der Waals surface area contributed by atoms with Crippen LogP contribution < -0.4 is 0 Å². The lowest BCUT2D eigenvalue weighted by atomic mass is 10.1. The van der Waals surface area contributed by atoms with Crippen LogP contribution in [0.25, 0.3) is 11.5 Å². The molecule has 2 aromatic heterocycles. The summed E-state index contributed by atoms with van der Waals surface area (Å²) in [6.07, 6.45) is 0.572. The van der Waals surface area contributed by atoms with E-state index in [0.717, 1.165) is 11.3 Å². The van der Waals surface area contributed by atoms with E-state index in [2.05, 4.69) is 14.5 Å². The predicted molar refractivity (Wildman–Crippen MR) is 66.2 cm³/mol. The molecule has 8 heteroatoms. The molecule has 0 radical (unpaired) electrons. The Morgan fingerprint density at radius 1 is 1.50 bits per heavy atom. The van der Waals surface area contributed by atoms with Gasteiger partial charge in [-0.1, -0.05) is 5.16 Å². The summed E-state index contributed by atoms with van der Waals surface area (Å²) < 4.78 is 32.1. The van der Waals surface area contributed by atoms with Crippen LogP contribution >= 0.6 is 11.5 Å². The van der Waals surface area contributed by atoms with E-state index in [1.165, 1.54) is 11.5 Å². The van der Waals surface area contributed by atoms with E-state index in [0.29, 0.717) is 18.1 Å². The van der Waals surface area contributed by atoms with Crippen molar-refractivity contribution in [2.45, 2.75) is 19.3 Å². The maximum Gasteiger partial charge on any atom is 0.260 e. The SMILES string of the molecule is Cc1nscc1-c1nc(C2CCS(=O)(=O)C2)no1. The average molecular weight is 285 g/mol. The molecule has 1 unspecified atom stereocenters. The lowest BCUT2D eigenvalue weighted by Gasteiger charge is -1.97. The van der Waals surface area contributed by atoms with Crippen LogP contribution in [-0.4, -0.2) is 34.4 Å². The Morgan fingerprint density at radius 2 is 2.33 bits per heavy atom. The van der Waals surface area contributed by atoms with Crippen LogP contribution in [0.15, 0.2) is 9.90 Å². The van der Waals surface area contributed by atoms with Gasteiger partial charge in [0, 0.05) is 11.3 Å². The summed E-state index contributed by atoms with van der Waals surface area (Å²) in [5, 5.41) is 5.73. The molecule has 0 spiro atoms. The van der Waals surface area contributed by atoms with Crippen LogP contribution in [0.4, 0.5) is 0 Å². The normalized spacial score (nSPS) is 22.4. The first-order chi connectivity index (χ1) is 8.55. The summed E-state index contributed by atoms with van der Waals surface area (Å²) >= 11 is 1.33. The van der Waals surface area contributed by atoms with Crippen LogP contribution in [0.2, 0.25) is 0 Å². The topological polar surface area (TPSA) is 86.0 Å². The quantitative estimate of drug-likeness (QED) is 0.829. The van der Waals surface area contributed by atoms with E-state index >= 15 is 0 Å². The number of hydrogen-bond acceptors (Lipinski definition) is 7. The molecule has 3 rings (SSSR count). The van der Waals surface area contributed by atoms with Gasteiger partial charge < -0.3 is 4.52 Å². The fourth-order valence-electron chi connectivity index (χ4n) is 2.01. The minimum absolute atomic E-state index is 0.118. The number of nitrogens with zero attached hydrogens (tertiary/aromatic N) is 3. The highest BCUT2D eigenvalue weighted by Gasteiger charge is 2.32. The van der Waals surface area contributed by atoms with Gasteiger partial charge in [-0.15, -0.1) is 0 Å². The number of aromatic nitrogens is 3. The lowest BCUT2D eigenvalue weighted by Crippen LogP contribution is -2.05. The molecule has 0 N–H and O–H groups in total. The largest absolute Gasteiger partial charge is 0.334 e. The third-order valence-corrected chi connectivity index (χ3v) is 5.51. The third-order valence-electron chi connectivity index (χ3n) is 3.02. The van der Waals surface area contributed by atoms with E-state index in [4.69, 9.17) is 4.52 Å². The molecule has 0 bridgehead atoms. The van der Waals surface area contributed by atoms with Gasteiger partial charge in [0.25, 0.3) is 5.89 Å². The predicted octanol–water partition coefficient (Wildman–Crippen LogP) is 1.40. The smallest absolute Gasteiger partial charge is 0.260 e. The Labute approximate surface area is 108 Å². The molecule has 2 aromatic rings. The standard InChI is InChI=1S/C10H11N3O3S2/c1-6-8(4-17-13-6)10-11-9(12-16-10)7-2-3-18(14,15)5-7/h4,7H,2-3,5H2,1H3. The van der Waals surface area contributed by atoms with Gasteiger partial charge in [-0.2, -0.15) is 9.36 Å². The average Bonchev–Trinajstić information content (AvgIpc) is 2.97. The van der Waals surface area contributed by atoms with Crippen molar-refractivity contribution in [1.82, 2.24) is 14.5 Å². The van der Waals surface area contributed by atoms with Crippen molar-refractivity contribution in [2.24, 2.45) is 0 Å². The molecule has 1 aliphatic rings. The second kappa shape index (κ2) is 4.13. The summed E-state index contributed by atoms with van der Waals surface area (Å²) in [5.74, 6) is 1.09. The Balaban J connectivity index is 1.89. The molecule has 0 aromatic carbocycles. The molecule has 6 nitrogen and oxygen atoms in total. The summed E-state index contributed by atoms with van der Waals surface area (Å²) in [7, 11) is -2.93. The maximum atomic E-state index is 11.4. The van der Waals surface area contributed by atoms with Gasteiger partial charge in [-0.05, 0) is 24.9 Å². The fourth-order valence-corrected chi connectivity index (χ4v) is 4.43. The zero-order valence-electron chi connectivity index (χ0n) is 9.66. The van der Waals surface area contributed by atoms with E-state index in [9.17, 15) is 8.42 Å². The molecule has 96 valence electrons. The number of sulfone groups is 1. The molecule has 1 saturated heterocycles. The lowest BCUT2D eigenvalue weighted by molar-refractivity contribution is 0.417. The second-order valence-corrected chi connectivity index (χ2v) is 7.23. The number of aryl methyl sites for hydroxylation is 1. The molecular weight excluding hydrogens is 274 g/mol. The highest BCUT2D eigenvalue weighted by molar-refractivity contribution is 7.91. The summed E-state index contributed by atoms with van der Waals surface area (Å²) in [4.78, 5) is 4.29. The van der Waals surface area contributed by atoms with Crippen molar-refractivity contribution in [2.75, 3.05) is 11.5 Å². The van der Waals surface area contributed by atoms with Gasteiger partial charge in [0.15, 0.2) is 15.7 Å². The van der Waals surface area contributed by atoms with Crippen LogP contribution in [0.3, 0.4) is 0 Å². The molecule has 18 heavy (non-hydrogen) atoms. The fraction of sp³-hybridized carbons (Fsp3) is 0.500. The molecule has 3 heterocycles. The maximum absolute atomic E-state index is 11.4. The summed E-state index contributed by atoms with van der Waals surface area (Å²) in [5.41, 5.74) is 1.66. The molecule has 0 amide bonds. The van der Waals surface area contributed by atoms with E-state index in [1.54, 1.807) is 0 Å². The Bertz CT molecular complexity index is 674. The van der Waals surface area contributed by atoms with Gasteiger partial charge >= 0.3 is 0 Å². The van der Waals surface area contributed by atoms with Crippen LogP contribution in [0.1, 0.15) is 23.9 Å². The van der Waals surface area contributed by atoms with Crippen LogP contribution in [0.5, 0.6) is 0 Å². The molecular formula is C10H11N3O3S2. The monoisotopic (exact) mass is 285 g/mol. The third kappa shape index (κ3) is 2.05. The van der Waals surface area contributed by atoms with E-state index < -0.39 is 9.84 Å². The molecule has 1 atom stereocenters. The molecule has 1 aliphatic heterocycles. The van der Waals surface area contributed by atoms with Crippen molar-refractivity contribution in [3.8, 4) is 11.5 Å². The minimum atomic E-state index is -2.93. The number of rotatable bonds is 2. The highest BCUT2D eigenvalue weighted by Crippen LogP contribution is 2.29. The van der Waals surface area contributed by atoms with Gasteiger partial charge in [0.05, 0.1) is 22.8 Å². The summed E-state index contributed by atoms with van der Waals surface area (Å²) in [6, 6.07) is 0. The molecule has 0 aliphatic carbocycles. The van der Waals surface area contributed by atoms with Crippen molar-refractivity contribution in [3.63, 3.8) is 0 Å². The van der Waals surface area contributed by atoms with Crippen molar-refractivity contribution in [1.29, 1.82) is 0 Å². The van der Waals surface area contributed by atoms with Gasteiger partial charge in [-0.3, -0.25) is 0 Å². The minimum Gasteiger partial charge on any atom is -0.334 e. The van der Waals surface area contributed by atoms with Crippen molar-refractivity contribution >= 4 is 21.4 Å². The van der Waals surface area contributed by atoms with E-state index in [-0.39, 0.29) is 17.4 Å². The number of hydrogen-bond donors (Lipinski definition) is 0. The first-order valence-corrected chi connectivity index (χ1v) is 8.16. The zero-order chi connectivity index (χ0) is 12.8. The van der Waals surface area contributed by atoms with Crippen molar-refractivity contribution in [3.05, 3.63) is 16.9 Å². The van der Waals surface area contributed by atoms with Gasteiger partial charge in [0.2, 0.25) is 0 Å². The zero-order valence-corrected chi connectivity index (χ0v) is 11.3. The summed E-state index contributed by atoms with van der Waals surface area (Å²) in [6.45, 7) is 1.87. The van der Waals surface area contributed by atoms with Gasteiger partial charge in [0.1, 0.15) is 0 Å². The molecule has 1 fully saturated rings. The Hall–Kier alpha value is -1.28. The van der Waals surface area contributed by atoms with Crippen molar-refractivity contribution < 1.29 is 12.9 Å². The Kier molecular flexibility index (Phi) is 2.70. The molecule has 0 saturated carbocycles. The second-order valence-electron chi connectivity index (χ2n) is 4.37. The van der Waals surface area contributed by atoms with Gasteiger partial charge in [-0.25, -0.2) is 8.42 Å². The first kappa shape index (κ1) is 11.8. The first-order valence-electron chi connectivity index (χ1n) is 5.50. The van der Waals surface area contributed by atoms with E-state index in [1.807, 2.05) is 12.3 Å².